The van der Waals surface area contributed by atoms with E-state index in [0.717, 1.165) is 0 Å². The van der Waals surface area contributed by atoms with Gasteiger partial charge in [0.05, 0.1) is 23.4 Å². The van der Waals surface area contributed by atoms with Crippen molar-refractivity contribution in [2.75, 3.05) is 0 Å². The molecule has 0 spiro atoms. The van der Waals surface area contributed by atoms with Gasteiger partial charge in [-0.3, -0.25) is 9.78 Å². The molecule has 0 fully saturated rings. The lowest BCUT2D eigenvalue weighted by Gasteiger charge is -2.17. The topological polar surface area (TPSA) is 141 Å². The van der Waals surface area contributed by atoms with E-state index in [4.69, 9.17) is 5.11 Å². The quantitative estimate of drug-likeness (QED) is 0.583. The van der Waals surface area contributed by atoms with Crippen LogP contribution in [0.2, 0.25) is 0 Å². The minimum absolute atomic E-state index is 0.0127. The number of carboxylic acids is 1. The lowest BCUT2D eigenvalue weighted by Crippen LogP contribution is -2.24. The van der Waals surface area contributed by atoms with E-state index in [1.165, 1.54) is 18.2 Å². The third-order valence-corrected chi connectivity index (χ3v) is 2.79. The number of hydrogen-bond donors (Lipinski definition) is 4. The Labute approximate surface area is 110 Å². The van der Waals surface area contributed by atoms with Crippen LogP contribution < -0.4 is 11.4 Å². The zero-order valence-electron chi connectivity index (χ0n) is 10.1. The number of carboxylic acid groups (broad SMARTS) is 1. The van der Waals surface area contributed by atoms with E-state index < -0.39 is 36.0 Å². The van der Waals surface area contributed by atoms with Crippen LogP contribution in [0.4, 0.5) is 0 Å². The molecule has 8 nitrogen and oxygen atoms in total. The van der Waals surface area contributed by atoms with E-state index in [2.05, 4.69) is 9.40 Å². The molecule has 0 saturated heterocycles. The van der Waals surface area contributed by atoms with E-state index in [-0.39, 0.29) is 16.5 Å². The van der Waals surface area contributed by atoms with Crippen molar-refractivity contribution >= 4 is 16.9 Å². The number of rotatable bonds is 4. The molecule has 0 aliphatic heterocycles. The van der Waals surface area contributed by atoms with Crippen LogP contribution in [0, 0.1) is 0 Å². The number of aromatic amines is 1. The maximum Gasteiger partial charge on any atom is 0.419 e. The highest BCUT2D eigenvalue weighted by molar-refractivity contribution is 5.81. The fraction of sp³-hybridized carbons (Fsp3) is 0.250. The zero-order valence-corrected chi connectivity index (χ0v) is 10.1. The van der Waals surface area contributed by atoms with Gasteiger partial charge >= 0.3 is 17.4 Å². The summed E-state index contributed by atoms with van der Waals surface area (Å²) in [6, 6.07) is 4.21. The second-order valence-corrected chi connectivity index (χ2v) is 4.18. The van der Waals surface area contributed by atoms with Crippen molar-refractivity contribution in [1.82, 2.24) is 4.98 Å². The van der Waals surface area contributed by atoms with Crippen molar-refractivity contribution in [3.8, 4) is 0 Å². The molecule has 2 atom stereocenters. The highest BCUT2D eigenvalue weighted by Gasteiger charge is 2.24. The first-order chi connectivity index (χ1) is 9.40. The summed E-state index contributed by atoms with van der Waals surface area (Å²) in [6.45, 7) is 0. The molecule has 1 heterocycles. The van der Waals surface area contributed by atoms with Crippen LogP contribution in [0.1, 0.15) is 18.1 Å². The summed E-state index contributed by atoms with van der Waals surface area (Å²) in [5, 5.41) is 28.0. The van der Waals surface area contributed by atoms with Crippen molar-refractivity contribution in [1.29, 1.82) is 0 Å². The number of fused-ring (bicyclic) bond motifs is 1. The smallest absolute Gasteiger partial charge is 0.419 e. The van der Waals surface area contributed by atoms with Gasteiger partial charge in [-0.1, -0.05) is 12.1 Å². The molecule has 0 amide bonds. The first-order valence-corrected chi connectivity index (χ1v) is 5.64. The Morgan fingerprint density at radius 2 is 2.00 bits per heavy atom. The molecule has 4 N–H and O–H groups in total. The Balaban J connectivity index is 2.57. The Bertz CT molecular complexity index is 760. The SMILES string of the molecule is O=C(O)CC(O)C(O)c1cccc2[nH]c(=O)oc(=O)c12. The molecule has 0 bridgehead atoms. The first-order valence-electron chi connectivity index (χ1n) is 5.64. The van der Waals surface area contributed by atoms with Crippen LogP contribution in [0.25, 0.3) is 10.9 Å². The molecule has 1 aromatic carbocycles. The second-order valence-electron chi connectivity index (χ2n) is 4.18. The lowest BCUT2D eigenvalue weighted by molar-refractivity contribution is -0.141. The minimum atomic E-state index is -1.59. The van der Waals surface area contributed by atoms with Gasteiger partial charge in [0.1, 0.15) is 6.10 Å². The van der Waals surface area contributed by atoms with Gasteiger partial charge < -0.3 is 19.7 Å². The number of H-pyrrole nitrogens is 1. The van der Waals surface area contributed by atoms with E-state index >= 15 is 0 Å². The van der Waals surface area contributed by atoms with Gasteiger partial charge in [-0.25, -0.2) is 9.59 Å². The van der Waals surface area contributed by atoms with Gasteiger partial charge in [0, 0.05) is 0 Å². The van der Waals surface area contributed by atoms with Crippen molar-refractivity contribution in [3.05, 3.63) is 44.7 Å². The summed E-state index contributed by atoms with van der Waals surface area (Å²) in [6.07, 6.45) is -3.88. The van der Waals surface area contributed by atoms with Crippen molar-refractivity contribution in [3.63, 3.8) is 0 Å². The van der Waals surface area contributed by atoms with Gasteiger partial charge in [0.15, 0.2) is 0 Å². The van der Waals surface area contributed by atoms with Crippen LogP contribution in [0.5, 0.6) is 0 Å². The zero-order chi connectivity index (χ0) is 14.9. The first kappa shape index (κ1) is 14.0. The summed E-state index contributed by atoms with van der Waals surface area (Å²) in [7, 11) is 0. The van der Waals surface area contributed by atoms with E-state index in [1.807, 2.05) is 0 Å². The second kappa shape index (κ2) is 5.27. The number of aromatic nitrogens is 1. The third-order valence-electron chi connectivity index (χ3n) is 2.79. The Morgan fingerprint density at radius 3 is 2.65 bits per heavy atom. The number of aliphatic carboxylic acids is 1. The van der Waals surface area contributed by atoms with E-state index in [1.54, 1.807) is 0 Å². The number of nitrogens with one attached hydrogen (secondary N) is 1. The van der Waals surface area contributed by atoms with Gasteiger partial charge in [0.2, 0.25) is 0 Å². The standard InChI is InChI=1S/C12H11NO7/c14-7(4-8(15)16)10(17)5-2-1-3-6-9(5)11(18)20-12(19)13-6/h1-3,7,10,14,17H,4H2,(H,13,19)(H,15,16). The molecule has 1 aromatic heterocycles. The molecular weight excluding hydrogens is 270 g/mol. The third kappa shape index (κ3) is 2.60. The average molecular weight is 281 g/mol. The molecule has 8 heteroatoms. The minimum Gasteiger partial charge on any atom is -0.481 e. The van der Waals surface area contributed by atoms with Gasteiger partial charge in [-0.2, -0.15) is 0 Å². The van der Waals surface area contributed by atoms with Gasteiger partial charge in [-0.15, -0.1) is 0 Å². The average Bonchev–Trinajstić information content (AvgIpc) is 2.35. The Hall–Kier alpha value is -2.45. The summed E-state index contributed by atoms with van der Waals surface area (Å²) < 4.78 is 4.37. The van der Waals surface area contributed by atoms with E-state index in [9.17, 15) is 24.6 Å². The summed E-state index contributed by atoms with van der Waals surface area (Å²) in [5.41, 5.74) is -0.854. The predicted octanol–water partition coefficient (Wildman–Crippen LogP) is -0.650. The van der Waals surface area contributed by atoms with Crippen LogP contribution in [0.3, 0.4) is 0 Å². The summed E-state index contributed by atoms with van der Waals surface area (Å²) >= 11 is 0. The summed E-state index contributed by atoms with van der Waals surface area (Å²) in [4.78, 5) is 35.5. The number of aliphatic hydroxyl groups excluding tert-OH is 2. The highest BCUT2D eigenvalue weighted by Crippen LogP contribution is 2.24. The lowest BCUT2D eigenvalue weighted by atomic mass is 9.99. The van der Waals surface area contributed by atoms with Crippen molar-refractivity contribution in [2.24, 2.45) is 0 Å². The fourth-order valence-corrected chi connectivity index (χ4v) is 1.92. The number of hydrogen-bond acceptors (Lipinski definition) is 6. The van der Waals surface area contributed by atoms with Crippen LogP contribution in [-0.4, -0.2) is 32.4 Å². The van der Waals surface area contributed by atoms with Crippen molar-refractivity contribution in [2.45, 2.75) is 18.6 Å². The van der Waals surface area contributed by atoms with E-state index in [0.29, 0.717) is 0 Å². The van der Waals surface area contributed by atoms with Gasteiger partial charge in [0.25, 0.3) is 0 Å². The van der Waals surface area contributed by atoms with Crippen LogP contribution in [-0.2, 0) is 4.79 Å². The fourth-order valence-electron chi connectivity index (χ4n) is 1.92. The van der Waals surface area contributed by atoms with Crippen molar-refractivity contribution < 1.29 is 24.5 Å². The number of benzene rings is 1. The molecule has 0 saturated carbocycles. The maximum absolute atomic E-state index is 11.7. The molecule has 106 valence electrons. The highest BCUT2D eigenvalue weighted by atomic mass is 16.4. The Kier molecular flexibility index (Phi) is 3.68. The van der Waals surface area contributed by atoms with Gasteiger partial charge in [-0.05, 0) is 11.6 Å². The normalized spacial score (nSPS) is 14.1. The molecule has 2 unspecified atom stereocenters. The molecule has 2 aromatic rings. The largest absolute Gasteiger partial charge is 0.481 e. The monoisotopic (exact) mass is 281 g/mol. The summed E-state index contributed by atoms with van der Waals surface area (Å²) in [5.74, 6) is -2.24. The van der Waals surface area contributed by atoms with Crippen LogP contribution in [0.15, 0.2) is 32.2 Å². The molecule has 0 radical (unpaired) electrons. The molecular formula is C12H11NO7. The number of aliphatic hydroxyl groups is 2. The molecule has 2 rings (SSSR count). The molecule has 0 aliphatic rings. The molecule has 20 heavy (non-hydrogen) atoms. The van der Waals surface area contributed by atoms with Crippen LogP contribution >= 0.6 is 0 Å². The Morgan fingerprint density at radius 1 is 1.30 bits per heavy atom. The number of carbonyl (C=O) groups is 1. The predicted molar refractivity (Wildman–Crippen MR) is 66.3 cm³/mol. The molecule has 0 aliphatic carbocycles. The maximum atomic E-state index is 11.7.